The molecule has 204 valence electrons. The highest BCUT2D eigenvalue weighted by Gasteiger charge is 2.31. The molecule has 1 N–H and O–H groups in total. The zero-order valence-corrected chi connectivity index (χ0v) is 21.4. The number of benzene rings is 1. The molecule has 9 nitrogen and oxygen atoms in total. The van der Waals surface area contributed by atoms with Gasteiger partial charge in [0, 0.05) is 31.5 Å². The van der Waals surface area contributed by atoms with Crippen LogP contribution in [0.15, 0.2) is 30.6 Å². The number of rotatable bonds is 5. The third-order valence-electron chi connectivity index (χ3n) is 6.02. The van der Waals surface area contributed by atoms with E-state index in [1.54, 1.807) is 4.90 Å². The van der Waals surface area contributed by atoms with Crippen LogP contribution >= 0.6 is 0 Å². The maximum Gasteiger partial charge on any atom is 0.416 e. The van der Waals surface area contributed by atoms with Gasteiger partial charge in [-0.2, -0.15) is 13.2 Å². The number of amides is 1. The highest BCUT2D eigenvalue weighted by atomic mass is 32.2. The molecule has 13 heteroatoms. The summed E-state index contributed by atoms with van der Waals surface area (Å²) in [5.74, 6) is 0.723. The molecule has 1 amide bonds. The lowest BCUT2D eigenvalue weighted by atomic mass is 10.1. The van der Waals surface area contributed by atoms with Gasteiger partial charge in [0.2, 0.25) is 11.8 Å². The number of ether oxygens (including phenoxy) is 2. The van der Waals surface area contributed by atoms with E-state index in [1.165, 1.54) is 18.5 Å². The number of aromatic nitrogens is 2. The molecule has 1 aromatic carbocycles. The van der Waals surface area contributed by atoms with Gasteiger partial charge in [-0.15, -0.1) is 0 Å². The van der Waals surface area contributed by atoms with Gasteiger partial charge >= 0.3 is 6.18 Å². The maximum atomic E-state index is 12.7. The van der Waals surface area contributed by atoms with E-state index in [-0.39, 0.29) is 23.7 Å². The van der Waals surface area contributed by atoms with E-state index in [2.05, 4.69) is 15.3 Å². The molecule has 0 saturated carbocycles. The number of piperidine rings is 2. The third kappa shape index (κ3) is 8.64. The van der Waals surface area contributed by atoms with Gasteiger partial charge in [0.05, 0.1) is 11.1 Å². The number of alkyl halides is 3. The summed E-state index contributed by atoms with van der Waals surface area (Å²) in [6.07, 6.45) is 1.13. The van der Waals surface area contributed by atoms with E-state index >= 15 is 0 Å². The van der Waals surface area contributed by atoms with Crippen molar-refractivity contribution in [1.29, 1.82) is 0 Å². The van der Waals surface area contributed by atoms with Crippen LogP contribution in [0.4, 0.5) is 13.2 Å². The van der Waals surface area contributed by atoms with Crippen LogP contribution < -0.4 is 14.8 Å². The Morgan fingerprint density at radius 1 is 1.03 bits per heavy atom. The SMILES string of the molecule is CS(=O)[O-].Cc1c(OC2CCNCC2)ncnc1OC1CCN(C(=O)c2ccc(C(F)(F)F)cc2)CC1. The highest BCUT2D eigenvalue weighted by molar-refractivity contribution is 7.78. The molecule has 2 saturated heterocycles. The molecule has 2 aliphatic rings. The summed E-state index contributed by atoms with van der Waals surface area (Å²) < 4.78 is 68.4. The molecule has 0 radical (unpaired) electrons. The minimum absolute atomic E-state index is 0.118. The Morgan fingerprint density at radius 3 is 2.00 bits per heavy atom. The van der Waals surface area contributed by atoms with E-state index in [4.69, 9.17) is 18.2 Å². The number of halogens is 3. The lowest BCUT2D eigenvalue weighted by Crippen LogP contribution is -2.42. The second-order valence-corrected chi connectivity index (χ2v) is 9.56. The van der Waals surface area contributed by atoms with E-state index in [0.29, 0.717) is 37.7 Å². The number of carbonyl (C=O) groups excluding carboxylic acids is 1. The largest absolute Gasteiger partial charge is 0.773 e. The van der Waals surface area contributed by atoms with Crippen molar-refractivity contribution in [2.45, 2.75) is 51.0 Å². The summed E-state index contributed by atoms with van der Waals surface area (Å²) >= 11 is -1.86. The average molecular weight is 544 g/mol. The van der Waals surface area contributed by atoms with Gasteiger partial charge in [0.1, 0.15) is 18.5 Å². The molecule has 2 aliphatic heterocycles. The lowest BCUT2D eigenvalue weighted by molar-refractivity contribution is -0.137. The van der Waals surface area contributed by atoms with Crippen molar-refractivity contribution >= 4 is 17.0 Å². The normalized spacial score (nSPS) is 17.9. The van der Waals surface area contributed by atoms with Crippen LogP contribution in [-0.2, 0) is 17.3 Å². The molecule has 2 fully saturated rings. The molecule has 4 rings (SSSR count). The number of nitrogens with one attached hydrogen (secondary N) is 1. The van der Waals surface area contributed by atoms with Crippen LogP contribution in [-0.4, -0.2) is 74.2 Å². The molecule has 0 spiro atoms. The van der Waals surface area contributed by atoms with Gasteiger partial charge in [-0.25, -0.2) is 9.97 Å². The first kappa shape index (κ1) is 28.8. The lowest BCUT2D eigenvalue weighted by Gasteiger charge is -2.32. The molecule has 1 unspecified atom stereocenters. The third-order valence-corrected chi connectivity index (χ3v) is 6.02. The Bertz CT molecular complexity index is 1050. The van der Waals surface area contributed by atoms with Gasteiger partial charge < -0.3 is 24.2 Å². The van der Waals surface area contributed by atoms with Crippen LogP contribution in [0.3, 0.4) is 0 Å². The van der Waals surface area contributed by atoms with E-state index < -0.39 is 22.8 Å². The molecule has 0 aliphatic carbocycles. The smallest absolute Gasteiger partial charge is 0.416 e. The quantitative estimate of drug-likeness (QED) is 0.572. The van der Waals surface area contributed by atoms with Crippen molar-refractivity contribution in [1.82, 2.24) is 20.2 Å². The summed E-state index contributed by atoms with van der Waals surface area (Å²) in [5, 5.41) is 3.30. The average Bonchev–Trinajstić information content (AvgIpc) is 2.86. The van der Waals surface area contributed by atoms with Gasteiger partial charge in [-0.1, -0.05) is 11.1 Å². The molecule has 2 aromatic rings. The van der Waals surface area contributed by atoms with Crippen molar-refractivity contribution in [2.24, 2.45) is 0 Å². The van der Waals surface area contributed by atoms with Crippen molar-refractivity contribution < 1.29 is 36.2 Å². The predicted molar refractivity (Wildman–Crippen MR) is 129 cm³/mol. The van der Waals surface area contributed by atoms with Crippen LogP contribution in [0, 0.1) is 6.92 Å². The predicted octanol–water partition coefficient (Wildman–Crippen LogP) is 3.11. The van der Waals surface area contributed by atoms with Crippen LogP contribution in [0.2, 0.25) is 0 Å². The van der Waals surface area contributed by atoms with Gasteiger partial charge in [-0.05, 0) is 63.4 Å². The summed E-state index contributed by atoms with van der Waals surface area (Å²) in [6, 6.07) is 4.32. The summed E-state index contributed by atoms with van der Waals surface area (Å²) in [4.78, 5) is 22.8. The van der Waals surface area contributed by atoms with E-state index in [1.807, 2.05) is 6.92 Å². The van der Waals surface area contributed by atoms with E-state index in [0.717, 1.165) is 49.9 Å². The Labute approximate surface area is 216 Å². The second kappa shape index (κ2) is 13.2. The van der Waals surface area contributed by atoms with Crippen molar-refractivity contribution in [2.75, 3.05) is 32.4 Å². The number of hydrogen-bond donors (Lipinski definition) is 1. The number of nitrogens with zero attached hydrogens (tertiary/aromatic N) is 3. The standard InChI is InChI=1S/C23H27F3N4O3.CH4O2S/c1-15-20(32-18-6-10-27-11-7-18)28-14-29-21(15)33-19-8-12-30(13-9-19)22(31)16-2-4-17(5-3-16)23(24,25)26;1-4(2)3/h2-5,14,18-19,27H,6-13H2,1H3;1H3,(H,2,3)/p-1. The Hall–Kier alpha value is -2.77. The first-order valence-electron chi connectivity index (χ1n) is 11.9. The number of carbonyl (C=O) groups is 1. The van der Waals surface area contributed by atoms with Gasteiger partial charge in [-0.3, -0.25) is 9.00 Å². The van der Waals surface area contributed by atoms with Crippen molar-refractivity contribution in [3.8, 4) is 11.8 Å². The molecule has 1 aromatic heterocycles. The Kier molecular flexibility index (Phi) is 10.2. The van der Waals surface area contributed by atoms with E-state index in [9.17, 15) is 18.0 Å². The minimum Gasteiger partial charge on any atom is -0.773 e. The summed E-state index contributed by atoms with van der Waals surface area (Å²) in [5.41, 5.74) is 0.225. The molecule has 3 heterocycles. The van der Waals surface area contributed by atoms with Gasteiger partial charge in [0.15, 0.2) is 0 Å². The fraction of sp³-hybridized carbons (Fsp3) is 0.542. The first-order valence-corrected chi connectivity index (χ1v) is 13.4. The summed E-state index contributed by atoms with van der Waals surface area (Å²) in [6.45, 7) is 4.61. The van der Waals surface area contributed by atoms with Crippen molar-refractivity contribution in [3.63, 3.8) is 0 Å². The van der Waals surface area contributed by atoms with Gasteiger partial charge in [0.25, 0.3) is 5.91 Å². The second-order valence-electron chi connectivity index (χ2n) is 8.76. The molecule has 1 atom stereocenters. The first-order chi connectivity index (χ1) is 17.5. The zero-order chi connectivity index (χ0) is 27.0. The molecule has 0 bridgehead atoms. The fourth-order valence-electron chi connectivity index (χ4n) is 4.05. The van der Waals surface area contributed by atoms with Crippen LogP contribution in [0.25, 0.3) is 0 Å². The Morgan fingerprint density at radius 2 is 1.51 bits per heavy atom. The highest BCUT2D eigenvalue weighted by Crippen LogP contribution is 2.30. The Balaban J connectivity index is 0.000000886. The summed E-state index contributed by atoms with van der Waals surface area (Å²) in [7, 11) is 0. The molecular formula is C24H30F3N4O5S-. The minimum atomic E-state index is -4.42. The zero-order valence-electron chi connectivity index (χ0n) is 20.6. The monoisotopic (exact) mass is 543 g/mol. The number of hydrogen-bond acceptors (Lipinski definition) is 8. The molecule has 37 heavy (non-hydrogen) atoms. The molecular weight excluding hydrogens is 513 g/mol. The number of likely N-dealkylation sites (tertiary alicyclic amines) is 1. The van der Waals surface area contributed by atoms with Crippen LogP contribution in [0.1, 0.15) is 47.2 Å². The topological polar surface area (TPSA) is 117 Å². The van der Waals surface area contributed by atoms with Crippen molar-refractivity contribution in [3.05, 3.63) is 47.3 Å². The maximum absolute atomic E-state index is 12.7. The fourth-order valence-corrected chi connectivity index (χ4v) is 4.05. The van der Waals surface area contributed by atoms with Crippen LogP contribution in [0.5, 0.6) is 11.8 Å².